The van der Waals surface area contributed by atoms with Crippen LogP contribution in [0, 0.1) is 6.92 Å². The fraction of sp³-hybridized carbons (Fsp3) is 0.200. The van der Waals surface area contributed by atoms with Crippen LogP contribution < -0.4 is 10.1 Å². The molecule has 0 spiro atoms. The van der Waals surface area contributed by atoms with Crippen molar-refractivity contribution in [2.45, 2.75) is 13.5 Å². The molecule has 0 saturated carbocycles. The number of nitrogens with one attached hydrogen (secondary N) is 1. The van der Waals surface area contributed by atoms with Crippen LogP contribution in [0.1, 0.15) is 11.1 Å². The quantitative estimate of drug-likeness (QED) is 0.872. The lowest BCUT2D eigenvalue weighted by molar-refractivity contribution is -0.118. The summed E-state index contributed by atoms with van der Waals surface area (Å²) in [5, 5.41) is 11.8. The molecule has 2 aromatic rings. The van der Waals surface area contributed by atoms with Gasteiger partial charge in [-0.15, -0.1) is 0 Å². The largest absolute Gasteiger partial charge is 0.483 e. The van der Waals surface area contributed by atoms with Gasteiger partial charge in [0.15, 0.2) is 6.61 Å². The van der Waals surface area contributed by atoms with Gasteiger partial charge in [0.25, 0.3) is 5.91 Å². The van der Waals surface area contributed by atoms with E-state index >= 15 is 0 Å². The Hall–Kier alpha value is -2.40. The number of rotatable bonds is 5. The number of para-hydroxylation sites is 1. The molecule has 0 aliphatic carbocycles. The number of hydrogen-bond donors (Lipinski definition) is 2. The number of pyridine rings is 1. The summed E-state index contributed by atoms with van der Waals surface area (Å²) in [7, 11) is 0. The van der Waals surface area contributed by atoms with E-state index in [9.17, 15) is 4.79 Å². The molecule has 1 heterocycles. The topological polar surface area (TPSA) is 71.5 Å². The highest BCUT2D eigenvalue weighted by molar-refractivity contribution is 5.92. The van der Waals surface area contributed by atoms with Gasteiger partial charge >= 0.3 is 0 Å². The summed E-state index contributed by atoms with van der Waals surface area (Å²) in [6.45, 7) is 1.67. The Kier molecular flexibility index (Phi) is 4.68. The molecular weight excluding hydrogens is 256 g/mol. The van der Waals surface area contributed by atoms with Crippen molar-refractivity contribution in [1.82, 2.24) is 4.98 Å². The number of aliphatic hydroxyl groups is 1. The number of aromatic nitrogens is 1. The number of carbonyl (C=O) groups excluding carboxylic acids is 1. The van der Waals surface area contributed by atoms with Gasteiger partial charge in [-0.3, -0.25) is 9.78 Å². The first-order valence-electron chi connectivity index (χ1n) is 6.22. The molecule has 0 fully saturated rings. The number of nitrogens with zero attached hydrogens (tertiary/aromatic N) is 1. The molecule has 0 saturated heterocycles. The first-order valence-corrected chi connectivity index (χ1v) is 6.22. The molecule has 1 aromatic carbocycles. The van der Waals surface area contributed by atoms with Gasteiger partial charge in [-0.05, 0) is 24.6 Å². The lowest BCUT2D eigenvalue weighted by Crippen LogP contribution is -2.21. The minimum absolute atomic E-state index is 0.0926. The number of anilines is 1. The average molecular weight is 272 g/mol. The van der Waals surface area contributed by atoms with E-state index in [4.69, 9.17) is 9.84 Å². The van der Waals surface area contributed by atoms with E-state index in [1.165, 1.54) is 6.20 Å². The van der Waals surface area contributed by atoms with Crippen LogP contribution in [0.3, 0.4) is 0 Å². The van der Waals surface area contributed by atoms with Crippen LogP contribution in [-0.4, -0.2) is 22.6 Å². The second-order valence-electron chi connectivity index (χ2n) is 4.29. The van der Waals surface area contributed by atoms with Gasteiger partial charge in [0.1, 0.15) is 5.75 Å². The highest BCUT2D eigenvalue weighted by atomic mass is 16.5. The normalized spacial score (nSPS) is 10.1. The fourth-order valence-corrected chi connectivity index (χ4v) is 1.72. The van der Waals surface area contributed by atoms with Crippen molar-refractivity contribution >= 4 is 11.6 Å². The standard InChI is InChI=1S/C15H16N2O3/c1-11-4-2-3-5-14(11)20-10-15(19)17-13-8-16-7-6-12(13)9-18/h2-8,18H,9-10H2,1H3,(H,17,19). The summed E-state index contributed by atoms with van der Waals surface area (Å²) in [5.74, 6) is 0.382. The number of hydrogen-bond acceptors (Lipinski definition) is 4. The minimum Gasteiger partial charge on any atom is -0.483 e. The second kappa shape index (κ2) is 6.68. The molecule has 0 bridgehead atoms. The zero-order valence-electron chi connectivity index (χ0n) is 11.2. The molecule has 0 unspecified atom stereocenters. The summed E-state index contributed by atoms with van der Waals surface area (Å²) in [5.41, 5.74) is 2.08. The van der Waals surface area contributed by atoms with Crippen LogP contribution in [0.25, 0.3) is 0 Å². The van der Waals surface area contributed by atoms with Crippen LogP contribution >= 0.6 is 0 Å². The lowest BCUT2D eigenvalue weighted by Gasteiger charge is -2.11. The average Bonchev–Trinajstić information content (AvgIpc) is 2.47. The minimum atomic E-state index is -0.295. The molecule has 0 atom stereocenters. The maximum absolute atomic E-state index is 11.8. The van der Waals surface area contributed by atoms with E-state index in [0.717, 1.165) is 5.56 Å². The van der Waals surface area contributed by atoms with Crippen LogP contribution in [0.4, 0.5) is 5.69 Å². The van der Waals surface area contributed by atoms with Gasteiger partial charge in [-0.1, -0.05) is 18.2 Å². The Morgan fingerprint density at radius 3 is 2.90 bits per heavy atom. The molecule has 0 aliphatic rings. The van der Waals surface area contributed by atoms with Crippen molar-refractivity contribution in [3.05, 3.63) is 53.9 Å². The smallest absolute Gasteiger partial charge is 0.262 e. The van der Waals surface area contributed by atoms with Gasteiger partial charge in [0, 0.05) is 11.8 Å². The maximum atomic E-state index is 11.8. The predicted molar refractivity (Wildman–Crippen MR) is 75.5 cm³/mol. The van der Waals surface area contributed by atoms with Crippen molar-refractivity contribution in [1.29, 1.82) is 0 Å². The highest BCUT2D eigenvalue weighted by Gasteiger charge is 2.08. The van der Waals surface area contributed by atoms with Crippen molar-refractivity contribution in [2.75, 3.05) is 11.9 Å². The number of ether oxygens (including phenoxy) is 1. The Bertz CT molecular complexity index is 599. The van der Waals surface area contributed by atoms with E-state index in [-0.39, 0.29) is 19.1 Å². The Labute approximate surface area is 117 Å². The number of carbonyl (C=O) groups is 1. The van der Waals surface area contributed by atoms with Gasteiger partial charge in [0.05, 0.1) is 18.5 Å². The molecule has 2 N–H and O–H groups in total. The van der Waals surface area contributed by atoms with Crippen molar-refractivity contribution < 1.29 is 14.6 Å². The molecule has 104 valence electrons. The van der Waals surface area contributed by atoms with Crippen LogP contribution in [-0.2, 0) is 11.4 Å². The molecule has 20 heavy (non-hydrogen) atoms. The molecule has 2 rings (SSSR count). The Morgan fingerprint density at radius 1 is 1.35 bits per heavy atom. The molecule has 0 aliphatic heterocycles. The zero-order chi connectivity index (χ0) is 14.4. The van der Waals surface area contributed by atoms with Gasteiger partial charge in [0.2, 0.25) is 0 Å². The monoisotopic (exact) mass is 272 g/mol. The summed E-state index contributed by atoms with van der Waals surface area (Å²) in [6, 6.07) is 9.14. The van der Waals surface area contributed by atoms with Gasteiger partial charge < -0.3 is 15.2 Å². The summed E-state index contributed by atoms with van der Waals surface area (Å²) in [6.07, 6.45) is 3.06. The Balaban J connectivity index is 1.95. The van der Waals surface area contributed by atoms with Crippen LogP contribution in [0.2, 0.25) is 0 Å². The molecule has 1 amide bonds. The second-order valence-corrected chi connectivity index (χ2v) is 4.29. The van der Waals surface area contributed by atoms with E-state index in [1.807, 2.05) is 31.2 Å². The number of benzene rings is 1. The highest BCUT2D eigenvalue weighted by Crippen LogP contribution is 2.16. The Morgan fingerprint density at radius 2 is 2.15 bits per heavy atom. The first-order chi connectivity index (χ1) is 9.70. The van der Waals surface area contributed by atoms with Crippen molar-refractivity contribution in [3.8, 4) is 5.75 Å². The van der Waals surface area contributed by atoms with Crippen molar-refractivity contribution in [3.63, 3.8) is 0 Å². The number of aryl methyl sites for hydroxylation is 1. The van der Waals surface area contributed by atoms with E-state index in [1.54, 1.807) is 12.3 Å². The van der Waals surface area contributed by atoms with E-state index < -0.39 is 0 Å². The van der Waals surface area contributed by atoms with Crippen LogP contribution in [0.5, 0.6) is 5.75 Å². The lowest BCUT2D eigenvalue weighted by atomic mass is 10.2. The molecule has 0 radical (unpaired) electrons. The SMILES string of the molecule is Cc1ccccc1OCC(=O)Nc1cnccc1CO. The predicted octanol–water partition coefficient (Wildman–Crippen LogP) is 1.90. The number of amides is 1. The zero-order valence-corrected chi connectivity index (χ0v) is 11.2. The molecule has 5 heteroatoms. The molecule has 1 aromatic heterocycles. The maximum Gasteiger partial charge on any atom is 0.262 e. The molecule has 5 nitrogen and oxygen atoms in total. The summed E-state index contributed by atoms with van der Waals surface area (Å²) in [4.78, 5) is 15.7. The first kappa shape index (κ1) is 14.0. The fourth-order valence-electron chi connectivity index (χ4n) is 1.72. The van der Waals surface area contributed by atoms with E-state index in [0.29, 0.717) is 17.0 Å². The van der Waals surface area contributed by atoms with Gasteiger partial charge in [-0.2, -0.15) is 0 Å². The number of aliphatic hydroxyl groups excluding tert-OH is 1. The summed E-state index contributed by atoms with van der Waals surface area (Å²) < 4.78 is 5.45. The third-order valence-corrected chi connectivity index (χ3v) is 2.81. The summed E-state index contributed by atoms with van der Waals surface area (Å²) >= 11 is 0. The van der Waals surface area contributed by atoms with Crippen LogP contribution in [0.15, 0.2) is 42.7 Å². The third kappa shape index (κ3) is 3.55. The third-order valence-electron chi connectivity index (χ3n) is 2.81. The van der Waals surface area contributed by atoms with Gasteiger partial charge in [-0.25, -0.2) is 0 Å². The van der Waals surface area contributed by atoms with Crippen molar-refractivity contribution in [2.24, 2.45) is 0 Å². The van der Waals surface area contributed by atoms with E-state index in [2.05, 4.69) is 10.3 Å². The molecular formula is C15H16N2O3.